The van der Waals surface area contributed by atoms with Crippen LogP contribution in [0.2, 0.25) is 0 Å². The van der Waals surface area contributed by atoms with Gasteiger partial charge in [0.25, 0.3) is 0 Å². The zero-order valence-corrected chi connectivity index (χ0v) is 8.28. The average Bonchev–Trinajstić information content (AvgIpc) is 2.19. The summed E-state index contributed by atoms with van der Waals surface area (Å²) in [4.78, 5) is 25.5. The van der Waals surface area contributed by atoms with Gasteiger partial charge in [0.1, 0.15) is 5.82 Å². The van der Waals surface area contributed by atoms with E-state index in [1.807, 2.05) is 0 Å². The maximum absolute atomic E-state index is 11.2. The molecule has 0 unspecified atom stereocenters. The average molecular weight is 208 g/mol. The summed E-state index contributed by atoms with van der Waals surface area (Å²) >= 11 is 0. The number of aromatic nitrogens is 1. The molecule has 0 radical (unpaired) electrons. The molecule has 0 bridgehead atoms. The molecule has 1 rings (SSSR count). The maximum Gasteiger partial charge on any atom is 0.243 e. The Morgan fingerprint density at radius 1 is 1.47 bits per heavy atom. The van der Waals surface area contributed by atoms with E-state index in [0.717, 1.165) is 0 Å². The number of pyridine rings is 1. The van der Waals surface area contributed by atoms with E-state index in [4.69, 9.17) is 5.73 Å². The Morgan fingerprint density at radius 3 is 2.73 bits per heavy atom. The van der Waals surface area contributed by atoms with Crippen LogP contribution in [0, 0.1) is 0 Å². The highest BCUT2D eigenvalue weighted by atomic mass is 16.2. The minimum Gasteiger partial charge on any atom is -0.384 e. The van der Waals surface area contributed by atoms with E-state index < -0.39 is 0 Å². The summed E-state index contributed by atoms with van der Waals surface area (Å²) < 4.78 is 0. The molecule has 0 aliphatic rings. The SMILES string of the molecule is CC(=O)NCC(=O)Nc1ccc(N)nc1. The van der Waals surface area contributed by atoms with Crippen molar-refractivity contribution in [3.8, 4) is 0 Å². The smallest absolute Gasteiger partial charge is 0.243 e. The second-order valence-electron chi connectivity index (χ2n) is 2.93. The predicted octanol–water partition coefficient (Wildman–Crippen LogP) is -0.262. The molecule has 1 heterocycles. The first kappa shape index (κ1) is 11.0. The lowest BCUT2D eigenvalue weighted by Gasteiger charge is -2.04. The number of nitrogen functional groups attached to an aromatic ring is 1. The summed E-state index contributed by atoms with van der Waals surface area (Å²) in [5.74, 6) is -0.174. The summed E-state index contributed by atoms with van der Waals surface area (Å²) in [6.07, 6.45) is 1.45. The molecule has 0 spiro atoms. The molecule has 0 fully saturated rings. The van der Waals surface area contributed by atoms with Crippen LogP contribution < -0.4 is 16.4 Å². The molecule has 1 aromatic rings. The Hall–Kier alpha value is -2.11. The van der Waals surface area contributed by atoms with Crippen LogP contribution in [0.25, 0.3) is 0 Å². The van der Waals surface area contributed by atoms with Gasteiger partial charge in [-0.25, -0.2) is 4.98 Å². The molecule has 0 saturated heterocycles. The normalized spacial score (nSPS) is 9.40. The molecule has 0 atom stereocenters. The van der Waals surface area contributed by atoms with Gasteiger partial charge in [0.15, 0.2) is 0 Å². The molecule has 6 heteroatoms. The van der Waals surface area contributed by atoms with E-state index >= 15 is 0 Å². The Balaban J connectivity index is 2.44. The number of anilines is 2. The highest BCUT2D eigenvalue weighted by Crippen LogP contribution is 2.06. The first-order valence-electron chi connectivity index (χ1n) is 4.34. The summed E-state index contributed by atoms with van der Waals surface area (Å²) in [6, 6.07) is 3.21. The van der Waals surface area contributed by atoms with E-state index in [1.54, 1.807) is 12.1 Å². The topological polar surface area (TPSA) is 97.1 Å². The van der Waals surface area contributed by atoms with Gasteiger partial charge in [-0.05, 0) is 12.1 Å². The lowest BCUT2D eigenvalue weighted by molar-refractivity contribution is -0.122. The lowest BCUT2D eigenvalue weighted by Crippen LogP contribution is -2.31. The van der Waals surface area contributed by atoms with Crippen LogP contribution >= 0.6 is 0 Å². The minimum absolute atomic E-state index is 0.0558. The number of amides is 2. The highest BCUT2D eigenvalue weighted by Gasteiger charge is 2.02. The molecule has 0 aromatic carbocycles. The molecule has 6 nitrogen and oxygen atoms in total. The fourth-order valence-electron chi connectivity index (χ4n) is 0.889. The third-order valence-electron chi connectivity index (χ3n) is 1.57. The summed E-state index contributed by atoms with van der Waals surface area (Å²) in [5, 5.41) is 4.93. The van der Waals surface area contributed by atoms with Gasteiger partial charge in [-0.2, -0.15) is 0 Å². The third-order valence-corrected chi connectivity index (χ3v) is 1.57. The second-order valence-corrected chi connectivity index (χ2v) is 2.93. The molecule has 4 N–H and O–H groups in total. The maximum atomic E-state index is 11.2. The lowest BCUT2D eigenvalue weighted by atomic mass is 10.4. The van der Waals surface area contributed by atoms with Gasteiger partial charge in [0, 0.05) is 6.92 Å². The van der Waals surface area contributed by atoms with Crippen LogP contribution in [0.5, 0.6) is 0 Å². The summed E-state index contributed by atoms with van der Waals surface area (Å²) in [5.41, 5.74) is 5.92. The summed E-state index contributed by atoms with van der Waals surface area (Å²) in [7, 11) is 0. The van der Waals surface area contributed by atoms with Crippen LogP contribution in [-0.2, 0) is 9.59 Å². The van der Waals surface area contributed by atoms with Gasteiger partial charge >= 0.3 is 0 Å². The number of hydrogen-bond acceptors (Lipinski definition) is 4. The Morgan fingerprint density at radius 2 is 2.20 bits per heavy atom. The fraction of sp³-hybridized carbons (Fsp3) is 0.222. The number of nitrogens with two attached hydrogens (primary N) is 1. The summed E-state index contributed by atoms with van der Waals surface area (Å²) in [6.45, 7) is 1.29. The Labute approximate surface area is 86.9 Å². The van der Waals surface area contributed by atoms with Crippen LogP contribution in [0.4, 0.5) is 11.5 Å². The van der Waals surface area contributed by atoms with Crippen molar-refractivity contribution in [2.75, 3.05) is 17.6 Å². The first-order valence-corrected chi connectivity index (χ1v) is 4.34. The number of rotatable bonds is 3. The quantitative estimate of drug-likeness (QED) is 0.637. The van der Waals surface area contributed by atoms with Gasteiger partial charge in [-0.15, -0.1) is 0 Å². The largest absolute Gasteiger partial charge is 0.384 e. The van der Waals surface area contributed by atoms with Crippen molar-refractivity contribution in [3.05, 3.63) is 18.3 Å². The van der Waals surface area contributed by atoms with Crippen molar-refractivity contribution in [3.63, 3.8) is 0 Å². The predicted molar refractivity (Wildman–Crippen MR) is 56.0 cm³/mol. The van der Waals surface area contributed by atoms with Crippen molar-refractivity contribution >= 4 is 23.3 Å². The number of carbonyl (C=O) groups excluding carboxylic acids is 2. The van der Waals surface area contributed by atoms with Crippen molar-refractivity contribution < 1.29 is 9.59 Å². The zero-order chi connectivity index (χ0) is 11.3. The molecule has 0 aliphatic heterocycles. The molecule has 2 amide bonds. The fourth-order valence-corrected chi connectivity index (χ4v) is 0.889. The van der Waals surface area contributed by atoms with E-state index in [-0.39, 0.29) is 18.4 Å². The van der Waals surface area contributed by atoms with E-state index in [0.29, 0.717) is 11.5 Å². The Kier molecular flexibility index (Phi) is 3.61. The van der Waals surface area contributed by atoms with Gasteiger partial charge < -0.3 is 16.4 Å². The molecule has 0 aliphatic carbocycles. The van der Waals surface area contributed by atoms with Gasteiger partial charge in [-0.3, -0.25) is 9.59 Å². The highest BCUT2D eigenvalue weighted by molar-refractivity contribution is 5.94. The van der Waals surface area contributed by atoms with Crippen molar-refractivity contribution in [1.29, 1.82) is 0 Å². The van der Waals surface area contributed by atoms with Crippen LogP contribution in [0.3, 0.4) is 0 Å². The van der Waals surface area contributed by atoms with E-state index in [1.165, 1.54) is 13.1 Å². The molecule has 80 valence electrons. The Bertz CT molecular complexity index is 361. The van der Waals surface area contributed by atoms with Crippen molar-refractivity contribution in [2.24, 2.45) is 0 Å². The molecule has 1 aromatic heterocycles. The van der Waals surface area contributed by atoms with Crippen LogP contribution in [0.15, 0.2) is 18.3 Å². The number of nitrogens with one attached hydrogen (secondary N) is 2. The number of hydrogen-bond donors (Lipinski definition) is 3. The van der Waals surface area contributed by atoms with Crippen molar-refractivity contribution in [2.45, 2.75) is 6.92 Å². The van der Waals surface area contributed by atoms with Gasteiger partial charge in [-0.1, -0.05) is 0 Å². The minimum atomic E-state index is -0.309. The zero-order valence-electron chi connectivity index (χ0n) is 8.28. The van der Waals surface area contributed by atoms with E-state index in [2.05, 4.69) is 15.6 Å². The van der Waals surface area contributed by atoms with E-state index in [9.17, 15) is 9.59 Å². The van der Waals surface area contributed by atoms with Crippen molar-refractivity contribution in [1.82, 2.24) is 10.3 Å². The van der Waals surface area contributed by atoms with Gasteiger partial charge in [0.05, 0.1) is 18.4 Å². The molecular formula is C9H12N4O2. The molecule has 15 heavy (non-hydrogen) atoms. The van der Waals surface area contributed by atoms with Crippen LogP contribution in [-0.4, -0.2) is 23.3 Å². The number of carbonyl (C=O) groups is 2. The van der Waals surface area contributed by atoms with Gasteiger partial charge in [0.2, 0.25) is 11.8 Å². The standard InChI is InChI=1S/C9H12N4O2/c1-6(14)11-5-9(15)13-7-2-3-8(10)12-4-7/h2-4H,5H2,1H3,(H2,10,12)(H,11,14)(H,13,15). The number of nitrogens with zero attached hydrogens (tertiary/aromatic N) is 1. The first-order chi connectivity index (χ1) is 7.08. The molecule has 0 saturated carbocycles. The monoisotopic (exact) mass is 208 g/mol. The molecular weight excluding hydrogens is 196 g/mol. The second kappa shape index (κ2) is 4.94. The third kappa shape index (κ3) is 4.08. The van der Waals surface area contributed by atoms with Crippen LogP contribution in [0.1, 0.15) is 6.92 Å².